The normalized spacial score (nSPS) is 16.3. The molecule has 1 aliphatic heterocycles. The maximum Gasteiger partial charge on any atom is 0.260 e. The molecule has 2 aromatic rings. The lowest BCUT2D eigenvalue weighted by Crippen LogP contribution is -2.18. The largest absolute Gasteiger partial charge is 0.496 e. The van der Waals surface area contributed by atoms with E-state index >= 15 is 0 Å². The van der Waals surface area contributed by atoms with Gasteiger partial charge in [0, 0.05) is 12.8 Å². The van der Waals surface area contributed by atoms with Crippen LogP contribution in [0.3, 0.4) is 0 Å². The first-order valence-electron chi connectivity index (χ1n) is 8.31. The van der Waals surface area contributed by atoms with Crippen LogP contribution in [0.25, 0.3) is 0 Å². The fraction of sp³-hybridized carbons (Fsp3) is 0.333. The molecular weight excluding hydrogens is 424 g/mol. The molecule has 0 radical (unpaired) electrons. The summed E-state index contributed by atoms with van der Waals surface area (Å²) in [5.74, 6) is -0.187. The molecule has 3 rings (SSSR count). The SMILES string of the molecule is COc1ccc(S(=O)(=O)C[C@H]2CCOC2)cc1C(=O)Nc1ncccc1Cl.S. The van der Waals surface area contributed by atoms with Gasteiger partial charge in [-0.25, -0.2) is 13.4 Å². The Morgan fingerprint density at radius 2 is 2.18 bits per heavy atom. The average molecular weight is 445 g/mol. The van der Waals surface area contributed by atoms with Crippen molar-refractivity contribution in [3.8, 4) is 5.75 Å². The van der Waals surface area contributed by atoms with E-state index in [0.29, 0.717) is 19.6 Å². The van der Waals surface area contributed by atoms with E-state index < -0.39 is 15.7 Å². The van der Waals surface area contributed by atoms with Crippen LogP contribution in [-0.4, -0.2) is 45.4 Å². The van der Waals surface area contributed by atoms with Crippen molar-refractivity contribution in [1.82, 2.24) is 4.98 Å². The molecule has 0 unspecified atom stereocenters. The maximum atomic E-state index is 12.7. The summed E-state index contributed by atoms with van der Waals surface area (Å²) >= 11 is 6.01. The average Bonchev–Trinajstić information content (AvgIpc) is 3.15. The van der Waals surface area contributed by atoms with Crippen LogP contribution in [0.15, 0.2) is 41.4 Å². The van der Waals surface area contributed by atoms with Crippen LogP contribution in [0.4, 0.5) is 5.82 Å². The summed E-state index contributed by atoms with van der Waals surface area (Å²) in [6.45, 7) is 1.00. The maximum absolute atomic E-state index is 12.7. The third kappa shape index (κ3) is 5.16. The zero-order valence-electron chi connectivity index (χ0n) is 15.1. The molecule has 1 aliphatic rings. The lowest BCUT2D eigenvalue weighted by atomic mass is 10.2. The quantitative estimate of drug-likeness (QED) is 0.736. The van der Waals surface area contributed by atoms with Gasteiger partial charge in [0.15, 0.2) is 15.7 Å². The number of pyridine rings is 1. The van der Waals surface area contributed by atoms with Crippen molar-refractivity contribution in [1.29, 1.82) is 0 Å². The first-order valence-corrected chi connectivity index (χ1v) is 10.3. The number of methoxy groups -OCH3 is 1. The second-order valence-corrected chi connectivity index (χ2v) is 8.60. The lowest BCUT2D eigenvalue weighted by molar-refractivity contribution is 0.102. The first kappa shape index (κ1) is 22.5. The number of nitrogens with one attached hydrogen (secondary N) is 1. The van der Waals surface area contributed by atoms with E-state index in [-0.39, 0.29) is 52.2 Å². The van der Waals surface area contributed by atoms with E-state index in [4.69, 9.17) is 21.1 Å². The molecule has 7 nitrogen and oxygen atoms in total. The molecule has 10 heteroatoms. The molecule has 1 amide bonds. The third-order valence-corrected chi connectivity index (χ3v) is 6.43. The van der Waals surface area contributed by atoms with Crippen LogP contribution in [-0.2, 0) is 14.6 Å². The van der Waals surface area contributed by atoms with Gasteiger partial charge in [0.2, 0.25) is 0 Å². The van der Waals surface area contributed by atoms with Crippen LogP contribution in [0, 0.1) is 5.92 Å². The van der Waals surface area contributed by atoms with E-state index in [9.17, 15) is 13.2 Å². The van der Waals surface area contributed by atoms with Gasteiger partial charge in [-0.3, -0.25) is 4.79 Å². The van der Waals surface area contributed by atoms with Crippen LogP contribution in [0.5, 0.6) is 5.75 Å². The highest BCUT2D eigenvalue weighted by Gasteiger charge is 2.26. The molecule has 1 fully saturated rings. The molecule has 28 heavy (non-hydrogen) atoms. The standard InChI is InChI=1S/C18H19ClN2O5S.H2S/c1-25-16-5-4-13(27(23,24)11-12-6-8-26-10-12)9-14(16)18(22)21-17-15(19)3-2-7-20-17;/h2-5,7,9,12H,6,8,10-11H2,1H3,(H,20,21,22);1H2/t12-;/m0./s1. The van der Waals surface area contributed by atoms with Crippen molar-refractivity contribution in [3.63, 3.8) is 0 Å². The molecule has 1 saturated heterocycles. The topological polar surface area (TPSA) is 94.6 Å². The Labute approximate surface area is 175 Å². The van der Waals surface area contributed by atoms with Crippen molar-refractivity contribution >= 4 is 46.7 Å². The summed E-state index contributed by atoms with van der Waals surface area (Å²) < 4.78 is 35.9. The fourth-order valence-electron chi connectivity index (χ4n) is 2.83. The number of hydrogen-bond donors (Lipinski definition) is 1. The Morgan fingerprint density at radius 3 is 2.82 bits per heavy atom. The Hall–Kier alpha value is -1.81. The van der Waals surface area contributed by atoms with Gasteiger partial charge >= 0.3 is 0 Å². The van der Waals surface area contributed by atoms with E-state index in [1.165, 1.54) is 31.5 Å². The molecule has 1 aromatic carbocycles. The number of benzene rings is 1. The summed E-state index contributed by atoms with van der Waals surface area (Å²) in [5, 5.41) is 2.85. The number of amides is 1. The molecule has 152 valence electrons. The first-order chi connectivity index (χ1) is 12.9. The number of sulfone groups is 1. The number of nitrogens with zero attached hydrogens (tertiary/aromatic N) is 1. The third-order valence-electron chi connectivity index (χ3n) is 4.24. The molecule has 0 bridgehead atoms. The van der Waals surface area contributed by atoms with E-state index in [2.05, 4.69) is 10.3 Å². The number of carbonyl (C=O) groups excluding carboxylic acids is 1. The minimum absolute atomic E-state index is 0. The molecular formula is C18H21ClN2O5S2. The zero-order valence-corrected chi connectivity index (χ0v) is 17.7. The predicted octanol–water partition coefficient (Wildman–Crippen LogP) is 2.92. The van der Waals surface area contributed by atoms with Gasteiger partial charge in [0.25, 0.3) is 5.91 Å². The van der Waals surface area contributed by atoms with Crippen LogP contribution in [0.1, 0.15) is 16.8 Å². The smallest absolute Gasteiger partial charge is 0.260 e. The van der Waals surface area contributed by atoms with E-state index in [1.807, 2.05) is 0 Å². The molecule has 1 atom stereocenters. The zero-order chi connectivity index (χ0) is 19.4. The molecule has 2 heterocycles. The number of ether oxygens (including phenoxy) is 2. The highest BCUT2D eigenvalue weighted by atomic mass is 35.5. The van der Waals surface area contributed by atoms with Gasteiger partial charge in [0.05, 0.1) is 35.0 Å². The van der Waals surface area contributed by atoms with Gasteiger partial charge in [0.1, 0.15) is 5.75 Å². The minimum atomic E-state index is -3.56. The van der Waals surface area contributed by atoms with Crippen molar-refractivity contribution < 1.29 is 22.7 Å². The van der Waals surface area contributed by atoms with Crippen LogP contribution in [0.2, 0.25) is 5.02 Å². The van der Waals surface area contributed by atoms with Gasteiger partial charge in [-0.15, -0.1) is 0 Å². The summed E-state index contributed by atoms with van der Waals surface area (Å²) in [6, 6.07) is 7.45. The van der Waals surface area contributed by atoms with Gasteiger partial charge in [-0.05, 0) is 42.7 Å². The number of halogens is 1. The second kappa shape index (κ2) is 9.60. The molecule has 1 aromatic heterocycles. The number of aromatic nitrogens is 1. The number of carbonyl (C=O) groups is 1. The van der Waals surface area contributed by atoms with Crippen molar-refractivity contribution in [2.24, 2.45) is 5.92 Å². The Morgan fingerprint density at radius 1 is 1.39 bits per heavy atom. The highest BCUT2D eigenvalue weighted by Crippen LogP contribution is 2.27. The van der Waals surface area contributed by atoms with Crippen molar-refractivity contribution in [2.45, 2.75) is 11.3 Å². The number of anilines is 1. The number of rotatable bonds is 6. The summed E-state index contributed by atoms with van der Waals surface area (Å²) in [4.78, 5) is 16.7. The van der Waals surface area contributed by atoms with Crippen molar-refractivity contribution in [3.05, 3.63) is 47.1 Å². The number of hydrogen-bond acceptors (Lipinski definition) is 6. The molecule has 1 N–H and O–H groups in total. The van der Waals surface area contributed by atoms with Gasteiger partial charge in [-0.2, -0.15) is 13.5 Å². The predicted molar refractivity (Wildman–Crippen MR) is 112 cm³/mol. The molecule has 0 saturated carbocycles. The van der Waals surface area contributed by atoms with Gasteiger partial charge < -0.3 is 14.8 Å². The van der Waals surface area contributed by atoms with E-state index in [1.54, 1.807) is 12.1 Å². The molecule has 0 aliphatic carbocycles. The van der Waals surface area contributed by atoms with Crippen LogP contribution >= 0.6 is 25.1 Å². The molecule has 0 spiro atoms. The Bertz CT molecular complexity index is 947. The summed E-state index contributed by atoms with van der Waals surface area (Å²) in [5.41, 5.74) is 0.0861. The Balaban J connectivity index is 0.00000280. The second-order valence-electron chi connectivity index (χ2n) is 6.16. The summed E-state index contributed by atoms with van der Waals surface area (Å²) in [7, 11) is -2.16. The Kier molecular flexibility index (Phi) is 7.70. The monoisotopic (exact) mass is 444 g/mol. The lowest BCUT2D eigenvalue weighted by Gasteiger charge is -2.13. The van der Waals surface area contributed by atoms with Gasteiger partial charge in [-0.1, -0.05) is 11.6 Å². The van der Waals surface area contributed by atoms with Crippen molar-refractivity contribution in [2.75, 3.05) is 31.4 Å². The minimum Gasteiger partial charge on any atom is -0.496 e. The fourth-order valence-corrected chi connectivity index (χ4v) is 4.65. The highest BCUT2D eigenvalue weighted by molar-refractivity contribution is 7.91. The van der Waals surface area contributed by atoms with Crippen LogP contribution < -0.4 is 10.1 Å². The summed E-state index contributed by atoms with van der Waals surface area (Å²) in [6.07, 6.45) is 2.20. The van der Waals surface area contributed by atoms with E-state index in [0.717, 1.165) is 0 Å².